The molecule has 0 radical (unpaired) electrons. The molecular formula is C16H24ClN3O4S. The van der Waals surface area contributed by atoms with Crippen LogP contribution in [0.2, 0.25) is 5.02 Å². The summed E-state index contributed by atoms with van der Waals surface area (Å²) in [4.78, 5) is 14.1. The molecular weight excluding hydrogens is 366 g/mol. The van der Waals surface area contributed by atoms with Crippen LogP contribution in [-0.2, 0) is 14.8 Å². The number of hydrogen-bond donors (Lipinski definition) is 1. The molecule has 1 N–H and O–H groups in total. The predicted molar refractivity (Wildman–Crippen MR) is 96.5 cm³/mol. The van der Waals surface area contributed by atoms with E-state index >= 15 is 0 Å². The summed E-state index contributed by atoms with van der Waals surface area (Å²) >= 11 is 5.95. The minimum absolute atomic E-state index is 0.0129. The van der Waals surface area contributed by atoms with Gasteiger partial charge in [-0.1, -0.05) is 18.5 Å². The maximum atomic E-state index is 12.9. The lowest BCUT2D eigenvalue weighted by Gasteiger charge is -2.28. The molecule has 25 heavy (non-hydrogen) atoms. The fourth-order valence-corrected chi connectivity index (χ4v) is 4.60. The molecule has 1 saturated heterocycles. The molecule has 9 heteroatoms. The second-order valence-corrected chi connectivity index (χ2v) is 8.02. The summed E-state index contributed by atoms with van der Waals surface area (Å²) in [6, 6.07) is 4.47. The van der Waals surface area contributed by atoms with Crippen molar-refractivity contribution in [3.63, 3.8) is 0 Å². The first-order valence-electron chi connectivity index (χ1n) is 8.22. The van der Waals surface area contributed by atoms with Gasteiger partial charge in [-0.2, -0.15) is 4.31 Å². The topological polar surface area (TPSA) is 79.0 Å². The maximum Gasteiger partial charge on any atom is 0.246 e. The highest BCUT2D eigenvalue weighted by atomic mass is 35.5. The van der Waals surface area contributed by atoms with Gasteiger partial charge in [-0.05, 0) is 18.2 Å². The Balaban J connectivity index is 2.13. The van der Waals surface area contributed by atoms with E-state index in [1.165, 1.54) is 23.5 Å². The number of carbonyl (C=O) groups excluding carboxylic acids is 1. The number of carbonyl (C=O) groups is 1. The van der Waals surface area contributed by atoms with E-state index < -0.39 is 10.0 Å². The van der Waals surface area contributed by atoms with Crippen LogP contribution >= 0.6 is 11.6 Å². The number of halogens is 1. The Morgan fingerprint density at radius 3 is 2.64 bits per heavy atom. The molecule has 0 unspecified atom stereocenters. The maximum absolute atomic E-state index is 12.9. The molecule has 1 heterocycles. The third kappa shape index (κ3) is 4.84. The number of hydrogen-bond acceptors (Lipinski definition) is 5. The summed E-state index contributed by atoms with van der Waals surface area (Å²) < 4.78 is 32.3. The SMILES string of the molecule is CCN(CCC(=O)N1CCNCC1)S(=O)(=O)c1cc(Cl)ccc1OC. The van der Waals surface area contributed by atoms with Crippen LogP contribution < -0.4 is 10.1 Å². The quantitative estimate of drug-likeness (QED) is 0.757. The third-order valence-corrected chi connectivity index (χ3v) is 6.37. The van der Waals surface area contributed by atoms with Gasteiger partial charge in [0.2, 0.25) is 15.9 Å². The average molecular weight is 390 g/mol. The predicted octanol–water partition coefficient (Wildman–Crippen LogP) is 1.18. The molecule has 2 rings (SSSR count). The summed E-state index contributed by atoms with van der Waals surface area (Å²) in [5, 5.41) is 3.50. The van der Waals surface area contributed by atoms with Crippen LogP contribution in [0, 0.1) is 0 Å². The molecule has 140 valence electrons. The van der Waals surface area contributed by atoms with Crippen LogP contribution in [0.5, 0.6) is 5.75 Å². The Kier molecular flexibility index (Phi) is 7.06. The lowest BCUT2D eigenvalue weighted by Crippen LogP contribution is -2.47. The molecule has 0 aromatic heterocycles. The fourth-order valence-electron chi connectivity index (χ4n) is 2.73. The first-order chi connectivity index (χ1) is 11.9. The number of benzene rings is 1. The summed E-state index contributed by atoms with van der Waals surface area (Å²) in [5.74, 6) is 0.199. The van der Waals surface area contributed by atoms with Crippen molar-refractivity contribution in [3.05, 3.63) is 23.2 Å². The van der Waals surface area contributed by atoms with E-state index in [1.807, 2.05) is 0 Å². The number of nitrogens with zero attached hydrogens (tertiary/aromatic N) is 2. The molecule has 0 saturated carbocycles. The number of piperazine rings is 1. The number of rotatable bonds is 7. The Hall–Kier alpha value is -1.35. The average Bonchev–Trinajstić information content (AvgIpc) is 2.62. The Bertz CT molecular complexity index is 705. The highest BCUT2D eigenvalue weighted by Crippen LogP contribution is 2.29. The van der Waals surface area contributed by atoms with Crippen molar-refractivity contribution < 1.29 is 17.9 Å². The molecule has 1 aromatic rings. The molecule has 0 spiro atoms. The van der Waals surface area contributed by atoms with Crippen molar-refractivity contribution in [2.24, 2.45) is 0 Å². The number of amides is 1. The lowest BCUT2D eigenvalue weighted by atomic mass is 10.3. The van der Waals surface area contributed by atoms with E-state index in [-0.39, 0.29) is 36.1 Å². The van der Waals surface area contributed by atoms with Crippen molar-refractivity contribution >= 4 is 27.5 Å². The molecule has 0 atom stereocenters. The van der Waals surface area contributed by atoms with Gasteiger partial charge >= 0.3 is 0 Å². The van der Waals surface area contributed by atoms with E-state index in [0.29, 0.717) is 18.1 Å². The summed E-state index contributed by atoms with van der Waals surface area (Å²) in [5.41, 5.74) is 0. The molecule has 1 aromatic carbocycles. The standard InChI is InChI=1S/C16H24ClN3O4S/c1-3-20(9-6-16(21)19-10-7-18-8-11-19)25(22,23)15-12-13(17)4-5-14(15)24-2/h4-5,12,18H,3,6-11H2,1-2H3. The summed E-state index contributed by atoms with van der Waals surface area (Å²) in [6.45, 7) is 4.95. The van der Waals surface area contributed by atoms with Gasteiger partial charge < -0.3 is 15.0 Å². The molecule has 1 aliphatic heterocycles. The van der Waals surface area contributed by atoms with Gasteiger partial charge in [-0.15, -0.1) is 0 Å². The minimum atomic E-state index is -3.80. The highest BCUT2D eigenvalue weighted by molar-refractivity contribution is 7.89. The van der Waals surface area contributed by atoms with Crippen molar-refractivity contribution in [2.75, 3.05) is 46.4 Å². The lowest BCUT2D eigenvalue weighted by molar-refractivity contribution is -0.131. The Morgan fingerprint density at radius 1 is 1.36 bits per heavy atom. The minimum Gasteiger partial charge on any atom is -0.495 e. The third-order valence-electron chi connectivity index (χ3n) is 4.14. The van der Waals surface area contributed by atoms with Gasteiger partial charge in [0, 0.05) is 50.7 Å². The highest BCUT2D eigenvalue weighted by Gasteiger charge is 2.28. The monoisotopic (exact) mass is 389 g/mol. The van der Waals surface area contributed by atoms with Crippen LogP contribution in [0.1, 0.15) is 13.3 Å². The number of ether oxygens (including phenoxy) is 1. The van der Waals surface area contributed by atoms with Crippen LogP contribution in [0.15, 0.2) is 23.1 Å². The van der Waals surface area contributed by atoms with E-state index in [0.717, 1.165) is 13.1 Å². The molecule has 0 aliphatic carbocycles. The number of sulfonamides is 1. The van der Waals surface area contributed by atoms with Crippen molar-refractivity contribution in [1.82, 2.24) is 14.5 Å². The van der Waals surface area contributed by atoms with Crippen molar-refractivity contribution in [2.45, 2.75) is 18.2 Å². The summed E-state index contributed by atoms with van der Waals surface area (Å²) in [7, 11) is -2.39. The zero-order valence-electron chi connectivity index (χ0n) is 14.5. The van der Waals surface area contributed by atoms with E-state index in [9.17, 15) is 13.2 Å². The first kappa shape index (κ1) is 20.0. The van der Waals surface area contributed by atoms with Gasteiger partial charge in [-0.25, -0.2) is 8.42 Å². The zero-order chi connectivity index (χ0) is 18.4. The molecule has 1 fully saturated rings. The van der Waals surface area contributed by atoms with Gasteiger partial charge in [0.15, 0.2) is 0 Å². The van der Waals surface area contributed by atoms with Crippen molar-refractivity contribution in [3.8, 4) is 5.75 Å². The normalized spacial score (nSPS) is 15.4. The van der Waals surface area contributed by atoms with Crippen LogP contribution in [-0.4, -0.2) is 69.9 Å². The largest absolute Gasteiger partial charge is 0.495 e. The molecule has 7 nitrogen and oxygen atoms in total. The van der Waals surface area contributed by atoms with E-state index in [2.05, 4.69) is 5.32 Å². The molecule has 1 aliphatic rings. The van der Waals surface area contributed by atoms with Gasteiger partial charge in [-0.3, -0.25) is 4.79 Å². The van der Waals surface area contributed by atoms with Gasteiger partial charge in [0.25, 0.3) is 0 Å². The van der Waals surface area contributed by atoms with Crippen molar-refractivity contribution in [1.29, 1.82) is 0 Å². The fraction of sp³-hybridized carbons (Fsp3) is 0.562. The first-order valence-corrected chi connectivity index (χ1v) is 10.0. The second kappa shape index (κ2) is 8.84. The van der Waals surface area contributed by atoms with Crippen LogP contribution in [0.25, 0.3) is 0 Å². The smallest absolute Gasteiger partial charge is 0.246 e. The van der Waals surface area contributed by atoms with E-state index in [1.54, 1.807) is 17.9 Å². The van der Waals surface area contributed by atoms with Gasteiger partial charge in [0.1, 0.15) is 10.6 Å². The Morgan fingerprint density at radius 2 is 2.04 bits per heavy atom. The number of methoxy groups -OCH3 is 1. The van der Waals surface area contributed by atoms with Gasteiger partial charge in [0.05, 0.1) is 7.11 Å². The molecule has 1 amide bonds. The second-order valence-electron chi connectivity index (χ2n) is 5.67. The van der Waals surface area contributed by atoms with Crippen LogP contribution in [0.4, 0.5) is 0 Å². The summed E-state index contributed by atoms with van der Waals surface area (Å²) in [6.07, 6.45) is 0.149. The zero-order valence-corrected chi connectivity index (χ0v) is 16.1. The van der Waals surface area contributed by atoms with Crippen LogP contribution in [0.3, 0.4) is 0 Å². The van der Waals surface area contributed by atoms with E-state index in [4.69, 9.17) is 16.3 Å². The molecule has 0 bridgehead atoms. The number of nitrogens with one attached hydrogen (secondary N) is 1. The Labute approximate surface area is 153 Å².